The van der Waals surface area contributed by atoms with Crippen LogP contribution in [0.2, 0.25) is 0 Å². The summed E-state index contributed by atoms with van der Waals surface area (Å²) < 4.78 is 27.6. The van der Waals surface area contributed by atoms with Crippen molar-refractivity contribution in [2.75, 3.05) is 30.3 Å². The van der Waals surface area contributed by atoms with E-state index < -0.39 is 10.0 Å². The summed E-state index contributed by atoms with van der Waals surface area (Å²) in [7, 11) is -3.57. The van der Waals surface area contributed by atoms with Crippen LogP contribution in [0.25, 0.3) is 0 Å². The Hall–Kier alpha value is -3.60. The second-order valence-corrected chi connectivity index (χ2v) is 10.5. The Morgan fingerprint density at radius 1 is 0.886 bits per heavy atom. The number of nitrogens with zero attached hydrogens (tertiary/aromatic N) is 1. The van der Waals surface area contributed by atoms with Gasteiger partial charge in [0, 0.05) is 35.6 Å². The van der Waals surface area contributed by atoms with Crippen LogP contribution >= 0.6 is 0 Å². The molecule has 4 rings (SSSR count). The zero-order chi connectivity index (χ0) is 24.7. The first-order valence-corrected chi connectivity index (χ1v) is 13.2. The maximum atomic E-state index is 13.0. The predicted octanol–water partition coefficient (Wildman–Crippen LogP) is 4.62. The zero-order valence-corrected chi connectivity index (χ0v) is 20.6. The minimum atomic E-state index is -3.57. The smallest absolute Gasteiger partial charge is 0.243 e. The third-order valence-corrected chi connectivity index (χ3v) is 7.77. The summed E-state index contributed by atoms with van der Waals surface area (Å²) in [4.78, 5) is 12.8. The fourth-order valence-electron chi connectivity index (χ4n) is 3.90. The van der Waals surface area contributed by atoms with Crippen molar-refractivity contribution in [1.29, 1.82) is 0 Å². The molecular formula is C28H29N3O3S. The zero-order valence-electron chi connectivity index (χ0n) is 19.8. The third kappa shape index (κ3) is 6.50. The number of aryl methyl sites for hydroxylation is 1. The molecule has 1 aliphatic rings. The van der Waals surface area contributed by atoms with Crippen molar-refractivity contribution in [3.8, 4) is 11.8 Å². The largest absolute Gasteiger partial charge is 0.376 e. The molecule has 1 aliphatic heterocycles. The van der Waals surface area contributed by atoms with E-state index in [2.05, 4.69) is 22.5 Å². The minimum Gasteiger partial charge on any atom is -0.376 e. The highest BCUT2D eigenvalue weighted by Crippen LogP contribution is 2.25. The summed E-state index contributed by atoms with van der Waals surface area (Å²) in [5.41, 5.74) is 3.85. The number of hydrogen-bond donors (Lipinski definition) is 2. The van der Waals surface area contributed by atoms with Gasteiger partial charge in [0.05, 0.1) is 11.4 Å². The normalized spacial score (nSPS) is 14.0. The van der Waals surface area contributed by atoms with Gasteiger partial charge < -0.3 is 10.6 Å². The monoisotopic (exact) mass is 487 g/mol. The highest BCUT2D eigenvalue weighted by molar-refractivity contribution is 7.89. The molecule has 0 bridgehead atoms. The van der Waals surface area contributed by atoms with E-state index in [0.29, 0.717) is 18.8 Å². The number of carbonyl (C=O) groups excluding carboxylic acids is 1. The SMILES string of the molecule is Cc1ccc(S(=O)(=O)N2CCCCC2)cc1NC(=O)CNc1cccc(C#Cc2ccccc2)c1. The Morgan fingerprint density at radius 3 is 2.37 bits per heavy atom. The first kappa shape index (κ1) is 24.5. The molecule has 1 fully saturated rings. The first-order valence-electron chi connectivity index (χ1n) is 11.7. The molecule has 1 saturated heterocycles. The third-order valence-electron chi connectivity index (χ3n) is 5.88. The Morgan fingerprint density at radius 2 is 1.60 bits per heavy atom. The molecule has 0 unspecified atom stereocenters. The van der Waals surface area contributed by atoms with Crippen molar-refractivity contribution in [2.45, 2.75) is 31.1 Å². The highest BCUT2D eigenvalue weighted by Gasteiger charge is 2.26. The molecule has 0 radical (unpaired) electrons. The lowest BCUT2D eigenvalue weighted by atomic mass is 10.1. The van der Waals surface area contributed by atoms with Crippen molar-refractivity contribution in [2.24, 2.45) is 0 Å². The van der Waals surface area contributed by atoms with Crippen LogP contribution in [0, 0.1) is 18.8 Å². The Bertz CT molecular complexity index is 1350. The van der Waals surface area contributed by atoms with Gasteiger partial charge in [-0.2, -0.15) is 4.31 Å². The van der Waals surface area contributed by atoms with Gasteiger partial charge in [-0.25, -0.2) is 8.42 Å². The molecule has 1 heterocycles. The van der Waals surface area contributed by atoms with E-state index in [-0.39, 0.29) is 17.3 Å². The Balaban J connectivity index is 1.39. The molecule has 0 aliphatic carbocycles. The van der Waals surface area contributed by atoms with E-state index in [1.54, 1.807) is 18.2 Å². The fraction of sp³-hybridized carbons (Fsp3) is 0.250. The maximum absolute atomic E-state index is 13.0. The lowest BCUT2D eigenvalue weighted by molar-refractivity contribution is -0.114. The number of nitrogens with one attached hydrogen (secondary N) is 2. The van der Waals surface area contributed by atoms with Crippen LogP contribution in [0.4, 0.5) is 11.4 Å². The number of hydrogen-bond acceptors (Lipinski definition) is 4. The van der Waals surface area contributed by atoms with E-state index in [0.717, 1.165) is 41.6 Å². The number of carbonyl (C=O) groups is 1. The van der Waals surface area contributed by atoms with Gasteiger partial charge >= 0.3 is 0 Å². The maximum Gasteiger partial charge on any atom is 0.243 e. The van der Waals surface area contributed by atoms with Gasteiger partial charge in [0.2, 0.25) is 15.9 Å². The van der Waals surface area contributed by atoms with Crippen molar-refractivity contribution < 1.29 is 13.2 Å². The number of rotatable bonds is 6. The summed E-state index contributed by atoms with van der Waals surface area (Å²) in [6, 6.07) is 22.2. The van der Waals surface area contributed by atoms with E-state index in [4.69, 9.17) is 0 Å². The van der Waals surface area contributed by atoms with Gasteiger partial charge in [-0.15, -0.1) is 0 Å². The quantitative estimate of drug-likeness (QED) is 0.498. The summed E-state index contributed by atoms with van der Waals surface area (Å²) in [5.74, 6) is 5.99. The number of sulfonamides is 1. The van der Waals surface area contributed by atoms with Crippen LogP contribution in [-0.4, -0.2) is 38.3 Å². The standard InChI is InChI=1S/C28H29N3O3S/c1-22-13-16-26(35(33,34)31-17-6-3-7-18-31)20-27(22)30-28(32)21-29-25-12-8-11-24(19-25)15-14-23-9-4-2-5-10-23/h2,4-5,8-13,16,19-20,29H,3,6-7,17-18,21H2,1H3,(H,30,32). The number of amides is 1. The second-order valence-electron chi connectivity index (χ2n) is 8.54. The molecule has 0 aromatic heterocycles. The summed E-state index contributed by atoms with van der Waals surface area (Å²) in [6.07, 6.45) is 2.80. The van der Waals surface area contributed by atoms with Gasteiger partial charge in [-0.3, -0.25) is 4.79 Å². The topological polar surface area (TPSA) is 78.5 Å². The molecule has 0 saturated carbocycles. The molecular weight excluding hydrogens is 458 g/mol. The van der Waals surface area contributed by atoms with E-state index in [9.17, 15) is 13.2 Å². The van der Waals surface area contributed by atoms with Crippen molar-refractivity contribution in [1.82, 2.24) is 4.31 Å². The summed E-state index contributed by atoms with van der Waals surface area (Å²) in [5, 5.41) is 5.96. The lowest BCUT2D eigenvalue weighted by Gasteiger charge is -2.26. The molecule has 0 spiro atoms. The van der Waals surface area contributed by atoms with Gasteiger partial charge in [-0.1, -0.05) is 48.6 Å². The number of benzene rings is 3. The summed E-state index contributed by atoms with van der Waals surface area (Å²) >= 11 is 0. The van der Waals surface area contributed by atoms with Gasteiger partial charge in [0.15, 0.2) is 0 Å². The van der Waals surface area contributed by atoms with Crippen LogP contribution < -0.4 is 10.6 Å². The van der Waals surface area contributed by atoms with Crippen LogP contribution in [0.5, 0.6) is 0 Å². The number of piperidine rings is 1. The van der Waals surface area contributed by atoms with Gasteiger partial charge in [-0.05, 0) is 67.8 Å². The van der Waals surface area contributed by atoms with Crippen LogP contribution in [0.15, 0.2) is 77.7 Å². The second kappa shape index (κ2) is 11.2. The average Bonchev–Trinajstić information content (AvgIpc) is 2.89. The van der Waals surface area contributed by atoms with Gasteiger partial charge in [0.25, 0.3) is 0 Å². The van der Waals surface area contributed by atoms with Crippen molar-refractivity contribution in [3.63, 3.8) is 0 Å². The molecule has 3 aromatic rings. The molecule has 2 N–H and O–H groups in total. The molecule has 6 nitrogen and oxygen atoms in total. The Kier molecular flexibility index (Phi) is 7.86. The van der Waals surface area contributed by atoms with E-state index in [1.807, 2.05) is 61.5 Å². The first-order chi connectivity index (χ1) is 16.9. The van der Waals surface area contributed by atoms with Crippen LogP contribution in [0.1, 0.15) is 36.0 Å². The predicted molar refractivity (Wildman–Crippen MR) is 140 cm³/mol. The molecule has 35 heavy (non-hydrogen) atoms. The molecule has 3 aromatic carbocycles. The van der Waals surface area contributed by atoms with E-state index in [1.165, 1.54) is 4.31 Å². The van der Waals surface area contributed by atoms with Crippen molar-refractivity contribution in [3.05, 3.63) is 89.5 Å². The highest BCUT2D eigenvalue weighted by atomic mass is 32.2. The average molecular weight is 488 g/mol. The number of anilines is 2. The minimum absolute atomic E-state index is 0.0398. The van der Waals surface area contributed by atoms with Crippen LogP contribution in [0.3, 0.4) is 0 Å². The molecule has 0 atom stereocenters. The lowest BCUT2D eigenvalue weighted by Crippen LogP contribution is -2.35. The Labute approximate surface area is 207 Å². The molecule has 180 valence electrons. The fourth-order valence-corrected chi connectivity index (χ4v) is 5.44. The molecule has 7 heteroatoms. The molecule has 1 amide bonds. The summed E-state index contributed by atoms with van der Waals surface area (Å²) in [6.45, 7) is 2.96. The van der Waals surface area contributed by atoms with Gasteiger partial charge in [0.1, 0.15) is 0 Å². The van der Waals surface area contributed by atoms with Crippen LogP contribution in [-0.2, 0) is 14.8 Å². The van der Waals surface area contributed by atoms with Crippen molar-refractivity contribution >= 4 is 27.3 Å². The van der Waals surface area contributed by atoms with E-state index >= 15 is 0 Å².